The van der Waals surface area contributed by atoms with Gasteiger partial charge in [0.25, 0.3) is 0 Å². The average molecular weight is 187 g/mol. The average Bonchev–Trinajstić information content (AvgIpc) is 2.81. The van der Waals surface area contributed by atoms with E-state index in [4.69, 9.17) is 10.2 Å². The van der Waals surface area contributed by atoms with Crippen molar-refractivity contribution >= 4 is 11.9 Å². The first-order valence-corrected chi connectivity index (χ1v) is 4.27. The lowest BCUT2D eigenvalue weighted by Crippen LogP contribution is -2.36. The zero-order valence-electron chi connectivity index (χ0n) is 7.27. The van der Waals surface area contributed by atoms with Crippen molar-refractivity contribution in [2.24, 2.45) is 0 Å². The molecule has 0 heterocycles. The van der Waals surface area contributed by atoms with E-state index in [2.05, 4.69) is 0 Å². The largest absolute Gasteiger partial charge is 0.481 e. The minimum absolute atomic E-state index is 0.109. The summed E-state index contributed by atoms with van der Waals surface area (Å²) in [6.45, 7) is 0.138. The third kappa shape index (κ3) is 3.02. The molecule has 5 nitrogen and oxygen atoms in total. The van der Waals surface area contributed by atoms with Crippen LogP contribution in [0.1, 0.15) is 19.3 Å². The fourth-order valence-corrected chi connectivity index (χ4v) is 1.24. The maximum Gasteiger partial charge on any atom is 0.312 e. The predicted molar refractivity (Wildman–Crippen MR) is 44.1 cm³/mol. The normalized spacial score (nSPS) is 15.5. The molecule has 13 heavy (non-hydrogen) atoms. The molecule has 0 aliphatic heterocycles. The van der Waals surface area contributed by atoms with E-state index in [9.17, 15) is 9.59 Å². The third-order valence-electron chi connectivity index (χ3n) is 1.95. The van der Waals surface area contributed by atoms with Gasteiger partial charge in [-0.2, -0.15) is 0 Å². The van der Waals surface area contributed by atoms with Gasteiger partial charge in [-0.3, -0.25) is 9.59 Å². The molecule has 0 saturated heterocycles. The van der Waals surface area contributed by atoms with Crippen molar-refractivity contribution in [2.45, 2.75) is 25.3 Å². The van der Waals surface area contributed by atoms with Gasteiger partial charge in [0.05, 0.1) is 6.61 Å². The number of hydrogen-bond donors (Lipinski definition) is 2. The van der Waals surface area contributed by atoms with Gasteiger partial charge in [-0.1, -0.05) is 0 Å². The van der Waals surface area contributed by atoms with Gasteiger partial charge in [-0.15, -0.1) is 0 Å². The van der Waals surface area contributed by atoms with Gasteiger partial charge in [0, 0.05) is 12.6 Å². The molecule has 1 saturated carbocycles. The number of carboxylic acid groups (broad SMARTS) is 1. The third-order valence-corrected chi connectivity index (χ3v) is 1.95. The lowest BCUT2D eigenvalue weighted by atomic mass is 10.3. The van der Waals surface area contributed by atoms with Crippen LogP contribution in [0.3, 0.4) is 0 Å². The second kappa shape index (κ2) is 4.23. The summed E-state index contributed by atoms with van der Waals surface area (Å²) in [6, 6.07) is 0.166. The Kier molecular flexibility index (Phi) is 3.25. The molecule has 0 spiro atoms. The zero-order chi connectivity index (χ0) is 9.84. The van der Waals surface area contributed by atoms with Crippen molar-refractivity contribution in [1.82, 2.24) is 4.90 Å². The second-order valence-electron chi connectivity index (χ2n) is 3.11. The number of carbonyl (C=O) groups excluding carboxylic acids is 1. The summed E-state index contributed by atoms with van der Waals surface area (Å²) in [6.07, 6.45) is 1.37. The molecule has 0 aromatic rings. The van der Waals surface area contributed by atoms with Crippen LogP contribution in [0.5, 0.6) is 0 Å². The lowest BCUT2D eigenvalue weighted by Gasteiger charge is -2.20. The van der Waals surface area contributed by atoms with Crippen molar-refractivity contribution in [1.29, 1.82) is 0 Å². The highest BCUT2D eigenvalue weighted by atomic mass is 16.4. The minimum Gasteiger partial charge on any atom is -0.481 e. The minimum atomic E-state index is -1.12. The quantitative estimate of drug-likeness (QED) is 0.566. The van der Waals surface area contributed by atoms with Crippen LogP contribution in [-0.4, -0.2) is 46.2 Å². The van der Waals surface area contributed by atoms with E-state index in [0.29, 0.717) is 0 Å². The van der Waals surface area contributed by atoms with Crippen LogP contribution < -0.4 is 0 Å². The first kappa shape index (κ1) is 9.98. The number of carboxylic acids is 1. The van der Waals surface area contributed by atoms with E-state index >= 15 is 0 Å². The first-order valence-electron chi connectivity index (χ1n) is 4.27. The Bertz CT molecular complexity index is 212. The maximum atomic E-state index is 11.3. The van der Waals surface area contributed by atoms with Crippen LogP contribution >= 0.6 is 0 Å². The number of nitrogens with zero attached hydrogens (tertiary/aromatic N) is 1. The molecule has 0 bridgehead atoms. The number of carbonyl (C=O) groups is 2. The number of rotatable bonds is 5. The van der Waals surface area contributed by atoms with E-state index in [0.717, 1.165) is 12.8 Å². The molecule has 2 N–H and O–H groups in total. The number of aliphatic hydroxyl groups excluding tert-OH is 1. The smallest absolute Gasteiger partial charge is 0.312 e. The highest BCUT2D eigenvalue weighted by Crippen LogP contribution is 2.26. The Hall–Kier alpha value is -1.10. The summed E-state index contributed by atoms with van der Waals surface area (Å²) < 4.78 is 0. The van der Waals surface area contributed by atoms with Crippen molar-refractivity contribution in [3.8, 4) is 0 Å². The topological polar surface area (TPSA) is 77.8 Å². The Morgan fingerprint density at radius 2 is 2.00 bits per heavy atom. The van der Waals surface area contributed by atoms with E-state index < -0.39 is 18.3 Å². The first-order chi connectivity index (χ1) is 6.15. The van der Waals surface area contributed by atoms with E-state index in [1.54, 1.807) is 0 Å². The summed E-state index contributed by atoms with van der Waals surface area (Å²) in [5.41, 5.74) is 0. The standard InChI is InChI=1S/C8H13NO4/c10-4-3-9(6-1-2-6)7(11)5-8(12)13/h6,10H,1-5H2,(H,12,13). The van der Waals surface area contributed by atoms with Crippen LogP contribution in [-0.2, 0) is 9.59 Å². The molecule has 0 radical (unpaired) electrons. The van der Waals surface area contributed by atoms with Gasteiger partial charge in [0.15, 0.2) is 0 Å². The zero-order valence-corrected chi connectivity index (χ0v) is 7.27. The predicted octanol–water partition coefficient (Wildman–Crippen LogP) is -0.556. The molecule has 1 amide bonds. The maximum absolute atomic E-state index is 11.3. The SMILES string of the molecule is O=C(O)CC(=O)N(CCO)C1CC1. The van der Waals surface area contributed by atoms with Crippen LogP contribution in [0.4, 0.5) is 0 Å². The number of hydrogen-bond acceptors (Lipinski definition) is 3. The van der Waals surface area contributed by atoms with E-state index in [1.165, 1.54) is 4.90 Å². The molecule has 0 aromatic carbocycles. The van der Waals surface area contributed by atoms with E-state index in [1.807, 2.05) is 0 Å². The molecule has 1 fully saturated rings. The van der Waals surface area contributed by atoms with Gasteiger partial charge in [-0.05, 0) is 12.8 Å². The Balaban J connectivity index is 2.43. The molecule has 0 unspecified atom stereocenters. The summed E-state index contributed by atoms with van der Waals surface area (Å²) in [4.78, 5) is 23.0. The van der Waals surface area contributed by atoms with Gasteiger partial charge < -0.3 is 15.1 Å². The fraction of sp³-hybridized carbons (Fsp3) is 0.750. The molecular formula is C8H13NO4. The number of aliphatic carboxylic acids is 1. The van der Waals surface area contributed by atoms with Gasteiger partial charge in [0.2, 0.25) is 5.91 Å². The van der Waals surface area contributed by atoms with E-state index in [-0.39, 0.29) is 19.2 Å². The molecule has 0 aromatic heterocycles. The summed E-state index contributed by atoms with van der Waals surface area (Å²) in [7, 11) is 0. The Labute approximate surface area is 76.0 Å². The molecule has 0 atom stereocenters. The molecular weight excluding hydrogens is 174 g/mol. The summed E-state index contributed by atoms with van der Waals surface area (Å²) in [5.74, 6) is -1.52. The van der Waals surface area contributed by atoms with Crippen LogP contribution in [0.15, 0.2) is 0 Å². The van der Waals surface area contributed by atoms with Crippen LogP contribution in [0.25, 0.3) is 0 Å². The summed E-state index contributed by atoms with van der Waals surface area (Å²) >= 11 is 0. The Morgan fingerprint density at radius 3 is 2.38 bits per heavy atom. The molecule has 1 aliphatic carbocycles. The van der Waals surface area contributed by atoms with Crippen LogP contribution in [0.2, 0.25) is 0 Å². The molecule has 1 aliphatic rings. The van der Waals surface area contributed by atoms with Crippen molar-refractivity contribution < 1.29 is 19.8 Å². The number of amides is 1. The van der Waals surface area contributed by atoms with Gasteiger partial charge >= 0.3 is 5.97 Å². The number of aliphatic hydroxyl groups is 1. The molecule has 5 heteroatoms. The molecule has 1 rings (SSSR count). The molecule has 74 valence electrons. The van der Waals surface area contributed by atoms with Crippen molar-refractivity contribution in [2.75, 3.05) is 13.2 Å². The van der Waals surface area contributed by atoms with Crippen molar-refractivity contribution in [3.05, 3.63) is 0 Å². The second-order valence-corrected chi connectivity index (χ2v) is 3.11. The lowest BCUT2D eigenvalue weighted by molar-refractivity contribution is -0.144. The Morgan fingerprint density at radius 1 is 1.38 bits per heavy atom. The fourth-order valence-electron chi connectivity index (χ4n) is 1.24. The highest BCUT2D eigenvalue weighted by molar-refractivity contribution is 5.93. The van der Waals surface area contributed by atoms with Gasteiger partial charge in [-0.25, -0.2) is 0 Å². The monoisotopic (exact) mass is 187 g/mol. The van der Waals surface area contributed by atoms with Crippen LogP contribution in [0, 0.1) is 0 Å². The summed E-state index contributed by atoms with van der Waals surface area (Å²) in [5, 5.41) is 17.0. The highest BCUT2D eigenvalue weighted by Gasteiger charge is 2.32. The van der Waals surface area contributed by atoms with Crippen molar-refractivity contribution in [3.63, 3.8) is 0 Å². The van der Waals surface area contributed by atoms with Gasteiger partial charge in [0.1, 0.15) is 6.42 Å².